The lowest BCUT2D eigenvalue weighted by Crippen LogP contribution is -1.89. The highest BCUT2D eigenvalue weighted by Gasteiger charge is 2.19. The van der Waals surface area contributed by atoms with Crippen LogP contribution in [0, 0.1) is 0 Å². The van der Waals surface area contributed by atoms with Gasteiger partial charge < -0.3 is 0 Å². The van der Waals surface area contributed by atoms with Crippen LogP contribution in [0.1, 0.15) is 26.9 Å². The van der Waals surface area contributed by atoms with Crippen molar-refractivity contribution in [3.8, 4) is 0 Å². The fourth-order valence-corrected chi connectivity index (χ4v) is 3.81. The van der Waals surface area contributed by atoms with Gasteiger partial charge in [0.15, 0.2) is 6.29 Å². The summed E-state index contributed by atoms with van der Waals surface area (Å²) in [5.41, 5.74) is 0.802. The molecule has 1 unspecified atom stereocenters. The van der Waals surface area contributed by atoms with Gasteiger partial charge >= 0.3 is 0 Å². The summed E-state index contributed by atoms with van der Waals surface area (Å²) in [6.07, 6.45) is 4.09. The molecule has 0 N–H and O–H groups in total. The second kappa shape index (κ2) is 3.90. The van der Waals surface area contributed by atoms with Gasteiger partial charge in [-0.3, -0.25) is 4.79 Å². The van der Waals surface area contributed by atoms with Crippen molar-refractivity contribution < 1.29 is 4.79 Å². The number of hydrogen-bond acceptors (Lipinski definition) is 4. The van der Waals surface area contributed by atoms with E-state index in [1.165, 1.54) is 0 Å². The number of carbonyl (C=O) groups excluding carboxylic acids is 1. The molecule has 0 spiro atoms. The Morgan fingerprint density at radius 2 is 2.46 bits per heavy atom. The van der Waals surface area contributed by atoms with Crippen LogP contribution in [0.4, 0.5) is 0 Å². The van der Waals surface area contributed by atoms with Gasteiger partial charge in [0, 0.05) is 15.7 Å². The number of thioether (sulfide) groups is 1. The van der Waals surface area contributed by atoms with Crippen LogP contribution in [-0.4, -0.2) is 6.29 Å². The quantitative estimate of drug-likeness (QED) is 0.616. The molecule has 0 bridgehead atoms. The van der Waals surface area contributed by atoms with E-state index >= 15 is 0 Å². The average Bonchev–Trinajstić information content (AvgIpc) is 2.71. The first-order valence-electron chi connectivity index (χ1n) is 3.89. The first-order valence-corrected chi connectivity index (χ1v) is 6.10. The third kappa shape index (κ3) is 1.85. The minimum atomic E-state index is 0.436. The third-order valence-electron chi connectivity index (χ3n) is 1.89. The van der Waals surface area contributed by atoms with Gasteiger partial charge in [0.25, 0.3) is 0 Å². The normalized spacial score (nSPS) is 20.8. The van der Waals surface area contributed by atoms with E-state index in [0.29, 0.717) is 5.25 Å². The van der Waals surface area contributed by atoms with Crippen molar-refractivity contribution in [2.24, 2.45) is 0 Å². The van der Waals surface area contributed by atoms with Crippen molar-refractivity contribution in [2.75, 3.05) is 0 Å². The molecule has 1 aliphatic rings. The molecule has 2 rings (SSSR count). The Labute approximate surface area is 90.6 Å². The van der Waals surface area contributed by atoms with Crippen LogP contribution in [-0.2, 0) is 0 Å². The second-order valence-corrected chi connectivity index (χ2v) is 5.74. The standard InChI is InChI=1S/C9H8OS3/c10-5-6-4-8(11)13-9(6)7-2-1-3-12-7/h1,3-5,7,11H,2H2. The molecular formula is C9H8OS3. The zero-order valence-corrected chi connectivity index (χ0v) is 9.29. The number of rotatable bonds is 2. The van der Waals surface area contributed by atoms with Gasteiger partial charge in [-0.15, -0.1) is 35.7 Å². The summed E-state index contributed by atoms with van der Waals surface area (Å²) < 4.78 is 0.921. The van der Waals surface area contributed by atoms with E-state index in [0.717, 1.165) is 27.4 Å². The zero-order valence-electron chi connectivity index (χ0n) is 6.77. The smallest absolute Gasteiger partial charge is 0.151 e. The molecule has 4 heteroatoms. The van der Waals surface area contributed by atoms with E-state index in [1.807, 2.05) is 6.07 Å². The summed E-state index contributed by atoms with van der Waals surface area (Å²) in [6.45, 7) is 0. The van der Waals surface area contributed by atoms with Crippen LogP contribution in [0.15, 0.2) is 21.8 Å². The molecule has 0 aliphatic carbocycles. The van der Waals surface area contributed by atoms with Crippen LogP contribution < -0.4 is 0 Å². The Balaban J connectivity index is 2.32. The fraction of sp³-hybridized carbons (Fsp3) is 0.222. The molecule has 1 aromatic heterocycles. The van der Waals surface area contributed by atoms with Gasteiger partial charge in [-0.05, 0) is 17.9 Å². The van der Waals surface area contributed by atoms with Crippen molar-refractivity contribution >= 4 is 42.0 Å². The number of thiol groups is 1. The van der Waals surface area contributed by atoms with Crippen molar-refractivity contribution in [1.29, 1.82) is 0 Å². The minimum absolute atomic E-state index is 0.436. The topological polar surface area (TPSA) is 17.1 Å². The Bertz CT molecular complexity index is 346. The molecule has 2 heterocycles. The average molecular weight is 228 g/mol. The molecule has 0 fully saturated rings. The van der Waals surface area contributed by atoms with E-state index < -0.39 is 0 Å². The molecule has 0 saturated heterocycles. The summed E-state index contributed by atoms with van der Waals surface area (Å²) in [6, 6.07) is 1.84. The van der Waals surface area contributed by atoms with Gasteiger partial charge in [0.05, 0.1) is 4.21 Å². The van der Waals surface area contributed by atoms with Crippen LogP contribution >= 0.6 is 35.7 Å². The maximum atomic E-state index is 10.7. The molecule has 1 nitrogen and oxygen atoms in total. The Morgan fingerprint density at radius 3 is 3.08 bits per heavy atom. The van der Waals surface area contributed by atoms with Gasteiger partial charge in [0.1, 0.15) is 0 Å². The highest BCUT2D eigenvalue weighted by atomic mass is 32.2. The second-order valence-electron chi connectivity index (χ2n) is 2.75. The first-order chi connectivity index (χ1) is 6.31. The van der Waals surface area contributed by atoms with Crippen molar-refractivity contribution in [1.82, 2.24) is 0 Å². The van der Waals surface area contributed by atoms with Gasteiger partial charge in [0.2, 0.25) is 0 Å². The lowest BCUT2D eigenvalue weighted by Gasteiger charge is -2.05. The number of hydrogen-bond donors (Lipinski definition) is 1. The maximum Gasteiger partial charge on any atom is 0.151 e. The third-order valence-corrected chi connectivity index (χ3v) is 4.61. The number of carbonyl (C=O) groups is 1. The predicted molar refractivity (Wildman–Crippen MR) is 61.0 cm³/mol. The summed E-state index contributed by atoms with van der Waals surface area (Å²) in [7, 11) is 0. The fourth-order valence-electron chi connectivity index (χ4n) is 1.30. The Morgan fingerprint density at radius 1 is 1.62 bits per heavy atom. The lowest BCUT2D eigenvalue weighted by molar-refractivity contribution is 0.112. The highest BCUT2D eigenvalue weighted by Crippen LogP contribution is 2.43. The zero-order chi connectivity index (χ0) is 9.26. The summed E-state index contributed by atoms with van der Waals surface area (Å²) in [4.78, 5) is 11.9. The molecule has 1 aromatic rings. The maximum absolute atomic E-state index is 10.7. The molecule has 0 radical (unpaired) electrons. The van der Waals surface area contributed by atoms with Crippen LogP contribution in [0.2, 0.25) is 0 Å². The SMILES string of the molecule is O=Cc1cc(S)sc1C1CC=CS1. The minimum Gasteiger partial charge on any atom is -0.298 e. The van der Waals surface area contributed by atoms with Crippen LogP contribution in [0.3, 0.4) is 0 Å². The summed E-state index contributed by atoms with van der Waals surface area (Å²) in [5.74, 6) is 0. The molecule has 1 atom stereocenters. The lowest BCUT2D eigenvalue weighted by atomic mass is 10.2. The number of thiophene rings is 1. The molecule has 1 aliphatic heterocycles. The van der Waals surface area contributed by atoms with Crippen LogP contribution in [0.25, 0.3) is 0 Å². The number of aldehydes is 1. The van der Waals surface area contributed by atoms with Gasteiger partial charge in [-0.2, -0.15) is 0 Å². The van der Waals surface area contributed by atoms with E-state index in [2.05, 4.69) is 24.1 Å². The summed E-state index contributed by atoms with van der Waals surface area (Å²) >= 11 is 7.64. The molecule has 0 saturated carbocycles. The molecule has 13 heavy (non-hydrogen) atoms. The first kappa shape index (κ1) is 9.37. The van der Waals surface area contributed by atoms with Crippen molar-refractivity contribution in [3.05, 3.63) is 28.0 Å². The van der Waals surface area contributed by atoms with Crippen LogP contribution in [0.5, 0.6) is 0 Å². The highest BCUT2D eigenvalue weighted by molar-refractivity contribution is 8.02. The van der Waals surface area contributed by atoms with E-state index in [1.54, 1.807) is 23.1 Å². The van der Waals surface area contributed by atoms with Gasteiger partial charge in [-0.1, -0.05) is 6.08 Å². The predicted octanol–water partition coefficient (Wildman–Crippen LogP) is 3.54. The van der Waals surface area contributed by atoms with Crippen molar-refractivity contribution in [3.63, 3.8) is 0 Å². The summed E-state index contributed by atoms with van der Waals surface area (Å²) in [5, 5.41) is 2.53. The molecular weight excluding hydrogens is 220 g/mol. The van der Waals surface area contributed by atoms with E-state index in [9.17, 15) is 4.79 Å². The molecule has 68 valence electrons. The van der Waals surface area contributed by atoms with Gasteiger partial charge in [-0.25, -0.2) is 0 Å². The largest absolute Gasteiger partial charge is 0.298 e. The van der Waals surface area contributed by atoms with E-state index in [-0.39, 0.29) is 0 Å². The Hall–Kier alpha value is -0.190. The van der Waals surface area contributed by atoms with E-state index in [4.69, 9.17) is 0 Å². The Kier molecular flexibility index (Phi) is 2.81. The monoisotopic (exact) mass is 228 g/mol. The molecule has 0 aromatic carbocycles. The molecule has 0 amide bonds. The number of allylic oxidation sites excluding steroid dienone is 1. The van der Waals surface area contributed by atoms with Crippen molar-refractivity contribution in [2.45, 2.75) is 15.9 Å².